The molecule has 3 aliphatic carbocycles. The van der Waals surface area contributed by atoms with Crippen molar-refractivity contribution in [1.82, 2.24) is 0 Å². The predicted molar refractivity (Wildman–Crippen MR) is 103 cm³/mol. The average molecular weight is 330 g/mol. The van der Waals surface area contributed by atoms with Crippen LogP contribution in [0, 0.1) is 17.3 Å². The normalized spacial score (nSPS) is 27.4. The van der Waals surface area contributed by atoms with Crippen LogP contribution in [0.25, 0.3) is 10.8 Å². The van der Waals surface area contributed by atoms with Crippen molar-refractivity contribution in [2.24, 2.45) is 17.3 Å². The van der Waals surface area contributed by atoms with E-state index in [1.165, 1.54) is 33.9 Å². The van der Waals surface area contributed by atoms with Crippen molar-refractivity contribution in [1.29, 1.82) is 0 Å². The van der Waals surface area contributed by atoms with Gasteiger partial charge in [-0.1, -0.05) is 55.8 Å². The SMILES string of the molecule is CC(C)Cc1ccc2cc3c(cc2c1)CC1(CC2=CCC1C2)C(=O)C3. The summed E-state index contributed by atoms with van der Waals surface area (Å²) in [6, 6.07) is 11.5. The van der Waals surface area contributed by atoms with Crippen LogP contribution in [-0.2, 0) is 24.1 Å². The standard InChI is InChI=1S/C24H26O/c1-15(2)7-16-3-5-18-10-20-12-23(25)24(13-17-4-6-22(24)9-17)14-21(20)11-19(18)8-16/h3-5,8,10-11,15,22H,6-7,9,12-14H2,1-2H3. The minimum Gasteiger partial charge on any atom is -0.299 e. The maximum atomic E-state index is 13.1. The molecule has 1 saturated carbocycles. The number of rotatable bonds is 2. The molecule has 2 atom stereocenters. The molecule has 2 bridgehead atoms. The van der Waals surface area contributed by atoms with Gasteiger partial charge in [0.1, 0.15) is 5.78 Å². The number of carbonyl (C=O) groups excluding carboxylic acids is 1. The molecular formula is C24H26O. The van der Waals surface area contributed by atoms with Gasteiger partial charge >= 0.3 is 0 Å². The van der Waals surface area contributed by atoms with Crippen molar-refractivity contribution in [3.8, 4) is 0 Å². The van der Waals surface area contributed by atoms with E-state index in [1.54, 1.807) is 5.57 Å². The van der Waals surface area contributed by atoms with Crippen LogP contribution in [0.1, 0.15) is 49.8 Å². The van der Waals surface area contributed by atoms with E-state index in [2.05, 4.69) is 50.3 Å². The van der Waals surface area contributed by atoms with Gasteiger partial charge in [-0.2, -0.15) is 0 Å². The van der Waals surface area contributed by atoms with E-state index in [1.807, 2.05) is 0 Å². The molecule has 5 rings (SSSR count). The Morgan fingerprint density at radius 1 is 1.08 bits per heavy atom. The number of fused-ring (bicyclic) bond motifs is 5. The van der Waals surface area contributed by atoms with Crippen LogP contribution >= 0.6 is 0 Å². The lowest BCUT2D eigenvalue weighted by atomic mass is 9.63. The topological polar surface area (TPSA) is 17.1 Å². The summed E-state index contributed by atoms with van der Waals surface area (Å²) in [4.78, 5) is 13.1. The number of benzene rings is 2. The lowest BCUT2D eigenvalue weighted by molar-refractivity contribution is -0.131. The fraction of sp³-hybridized carbons (Fsp3) is 0.458. The highest BCUT2D eigenvalue weighted by atomic mass is 16.1. The lowest BCUT2D eigenvalue weighted by Gasteiger charge is -2.39. The maximum Gasteiger partial charge on any atom is 0.144 e. The molecule has 0 aromatic heterocycles. The van der Waals surface area contributed by atoms with Gasteiger partial charge in [-0.15, -0.1) is 0 Å². The maximum absolute atomic E-state index is 13.1. The van der Waals surface area contributed by atoms with Gasteiger partial charge in [0.25, 0.3) is 0 Å². The Labute approximate surface area is 150 Å². The highest BCUT2D eigenvalue weighted by molar-refractivity contribution is 5.93. The quantitative estimate of drug-likeness (QED) is 0.671. The molecule has 1 fully saturated rings. The van der Waals surface area contributed by atoms with Crippen LogP contribution in [0.15, 0.2) is 42.0 Å². The van der Waals surface area contributed by atoms with Crippen molar-refractivity contribution < 1.29 is 4.79 Å². The Kier molecular flexibility index (Phi) is 3.26. The van der Waals surface area contributed by atoms with Gasteiger partial charge in [0, 0.05) is 11.8 Å². The molecular weight excluding hydrogens is 304 g/mol. The van der Waals surface area contributed by atoms with Gasteiger partial charge in [-0.3, -0.25) is 4.79 Å². The Balaban J connectivity index is 1.57. The van der Waals surface area contributed by atoms with Gasteiger partial charge in [0.2, 0.25) is 0 Å². The summed E-state index contributed by atoms with van der Waals surface area (Å²) in [7, 11) is 0. The van der Waals surface area contributed by atoms with Gasteiger partial charge in [-0.05, 0) is 71.4 Å². The van der Waals surface area contributed by atoms with Gasteiger partial charge in [0.05, 0.1) is 0 Å². The van der Waals surface area contributed by atoms with Gasteiger partial charge < -0.3 is 0 Å². The van der Waals surface area contributed by atoms with Crippen LogP contribution in [0.4, 0.5) is 0 Å². The van der Waals surface area contributed by atoms with E-state index < -0.39 is 0 Å². The van der Waals surface area contributed by atoms with Gasteiger partial charge in [0.15, 0.2) is 0 Å². The second-order valence-corrected chi connectivity index (χ2v) is 9.01. The molecule has 0 radical (unpaired) electrons. The second-order valence-electron chi connectivity index (χ2n) is 9.01. The summed E-state index contributed by atoms with van der Waals surface area (Å²) < 4.78 is 0. The van der Waals surface area contributed by atoms with E-state index in [0.717, 1.165) is 25.7 Å². The summed E-state index contributed by atoms with van der Waals surface area (Å²) in [5.74, 6) is 1.76. The van der Waals surface area contributed by atoms with E-state index in [-0.39, 0.29) is 5.41 Å². The summed E-state index contributed by atoms with van der Waals surface area (Å²) in [6.07, 6.45) is 8.45. The van der Waals surface area contributed by atoms with E-state index in [4.69, 9.17) is 0 Å². The van der Waals surface area contributed by atoms with Crippen molar-refractivity contribution in [3.05, 3.63) is 58.7 Å². The Morgan fingerprint density at radius 2 is 1.92 bits per heavy atom. The van der Waals surface area contributed by atoms with Crippen molar-refractivity contribution in [3.63, 3.8) is 0 Å². The van der Waals surface area contributed by atoms with Crippen LogP contribution in [0.2, 0.25) is 0 Å². The Morgan fingerprint density at radius 3 is 2.64 bits per heavy atom. The highest BCUT2D eigenvalue weighted by Crippen LogP contribution is 2.57. The highest BCUT2D eigenvalue weighted by Gasteiger charge is 2.53. The van der Waals surface area contributed by atoms with Crippen LogP contribution in [0.5, 0.6) is 0 Å². The molecule has 1 heteroatoms. The Hall–Kier alpha value is -1.89. The second kappa shape index (κ2) is 5.30. The van der Waals surface area contributed by atoms with Crippen molar-refractivity contribution in [2.45, 2.75) is 52.4 Å². The zero-order valence-electron chi connectivity index (χ0n) is 15.3. The molecule has 3 aliphatic rings. The molecule has 0 aliphatic heterocycles. The summed E-state index contributed by atoms with van der Waals surface area (Å²) in [6.45, 7) is 4.55. The first-order valence-electron chi connectivity index (χ1n) is 9.79. The molecule has 2 aromatic carbocycles. The molecule has 2 aromatic rings. The third-order valence-corrected chi connectivity index (χ3v) is 6.80. The average Bonchev–Trinajstić information content (AvgIpc) is 3.15. The number of hydrogen-bond donors (Lipinski definition) is 0. The monoisotopic (exact) mass is 330 g/mol. The first kappa shape index (κ1) is 15.4. The Bertz CT molecular complexity index is 917. The number of hydrogen-bond acceptors (Lipinski definition) is 1. The summed E-state index contributed by atoms with van der Waals surface area (Å²) in [5, 5.41) is 2.63. The number of allylic oxidation sites excluding steroid dienone is 2. The van der Waals surface area contributed by atoms with E-state index in [0.29, 0.717) is 24.0 Å². The number of carbonyl (C=O) groups is 1. The van der Waals surface area contributed by atoms with Crippen molar-refractivity contribution >= 4 is 16.6 Å². The predicted octanol–water partition coefficient (Wildman–Crippen LogP) is 5.43. The summed E-state index contributed by atoms with van der Waals surface area (Å²) in [5.41, 5.74) is 5.61. The van der Waals surface area contributed by atoms with Crippen LogP contribution in [0.3, 0.4) is 0 Å². The summed E-state index contributed by atoms with van der Waals surface area (Å²) >= 11 is 0. The fourth-order valence-corrected chi connectivity index (χ4v) is 5.60. The fourth-order valence-electron chi connectivity index (χ4n) is 5.60. The van der Waals surface area contributed by atoms with Crippen LogP contribution < -0.4 is 0 Å². The molecule has 2 unspecified atom stereocenters. The first-order chi connectivity index (χ1) is 12.0. The first-order valence-corrected chi connectivity index (χ1v) is 9.79. The molecule has 0 amide bonds. The third-order valence-electron chi connectivity index (χ3n) is 6.80. The molecule has 25 heavy (non-hydrogen) atoms. The van der Waals surface area contributed by atoms with E-state index in [9.17, 15) is 4.79 Å². The zero-order valence-corrected chi connectivity index (χ0v) is 15.3. The third kappa shape index (κ3) is 2.32. The minimum atomic E-state index is -0.0691. The molecule has 128 valence electrons. The minimum absolute atomic E-state index is 0.0691. The molecule has 0 N–H and O–H groups in total. The smallest absolute Gasteiger partial charge is 0.144 e. The van der Waals surface area contributed by atoms with Crippen LogP contribution in [-0.4, -0.2) is 5.78 Å². The number of ketones is 1. The zero-order chi connectivity index (χ0) is 17.2. The lowest BCUT2D eigenvalue weighted by Crippen LogP contribution is -2.42. The molecule has 1 nitrogen and oxygen atoms in total. The number of Topliss-reactive ketones (excluding diaryl/α,β-unsaturated/α-hetero) is 1. The molecule has 0 heterocycles. The van der Waals surface area contributed by atoms with Crippen molar-refractivity contribution in [2.75, 3.05) is 0 Å². The van der Waals surface area contributed by atoms with E-state index >= 15 is 0 Å². The largest absolute Gasteiger partial charge is 0.299 e. The van der Waals surface area contributed by atoms with Gasteiger partial charge in [-0.25, -0.2) is 0 Å². The molecule has 1 spiro atoms. The molecule has 0 saturated heterocycles.